The molecule has 0 saturated heterocycles. The average molecular weight is 437 g/mol. The zero-order chi connectivity index (χ0) is 22.8. The standard InChI is InChI=1S/C27H36N2O3/c1-28(2)23-13-9-21(10-14-23)26(17-5-6-18-26)31-25(30)32-27(19-7-8-20-27)22-11-15-24(16-12-22)29(3)4/h9-16H,5-8,17-20H2,1-4H3. The van der Waals surface area contributed by atoms with Gasteiger partial charge in [0.1, 0.15) is 11.2 Å². The minimum atomic E-state index is -0.587. The molecule has 0 aliphatic heterocycles. The monoisotopic (exact) mass is 436 g/mol. The Kier molecular flexibility index (Phi) is 6.36. The smallest absolute Gasteiger partial charge is 0.423 e. The molecule has 0 heterocycles. The first-order valence-corrected chi connectivity index (χ1v) is 11.8. The molecular formula is C27H36N2O3. The van der Waals surface area contributed by atoms with E-state index < -0.39 is 17.4 Å². The van der Waals surface area contributed by atoms with Crippen molar-refractivity contribution in [2.75, 3.05) is 38.0 Å². The van der Waals surface area contributed by atoms with Crippen molar-refractivity contribution in [2.24, 2.45) is 0 Å². The minimum absolute atomic E-state index is 0.540. The molecule has 5 nitrogen and oxygen atoms in total. The highest BCUT2D eigenvalue weighted by molar-refractivity contribution is 5.63. The molecule has 0 N–H and O–H groups in total. The fraction of sp³-hybridized carbons (Fsp3) is 0.519. The molecule has 0 unspecified atom stereocenters. The van der Waals surface area contributed by atoms with Crippen molar-refractivity contribution < 1.29 is 14.3 Å². The zero-order valence-electron chi connectivity index (χ0n) is 19.9. The van der Waals surface area contributed by atoms with E-state index in [1.54, 1.807) is 0 Å². The van der Waals surface area contributed by atoms with Crippen molar-refractivity contribution in [1.82, 2.24) is 0 Å². The highest BCUT2D eigenvalue weighted by Gasteiger charge is 2.44. The molecule has 2 saturated carbocycles. The number of hydrogen-bond acceptors (Lipinski definition) is 5. The molecule has 4 rings (SSSR count). The van der Waals surface area contributed by atoms with Crippen molar-refractivity contribution in [3.63, 3.8) is 0 Å². The van der Waals surface area contributed by atoms with Crippen molar-refractivity contribution in [2.45, 2.75) is 62.6 Å². The SMILES string of the molecule is CN(C)c1ccc(C2(OC(=O)OC3(c4ccc(N(C)C)cc4)CCCC3)CCCC2)cc1. The van der Waals surface area contributed by atoms with Gasteiger partial charge >= 0.3 is 6.16 Å². The van der Waals surface area contributed by atoms with Gasteiger partial charge in [0.05, 0.1) is 0 Å². The fourth-order valence-electron chi connectivity index (χ4n) is 5.26. The van der Waals surface area contributed by atoms with Crippen LogP contribution in [0.1, 0.15) is 62.5 Å². The van der Waals surface area contributed by atoms with Crippen molar-refractivity contribution in [1.29, 1.82) is 0 Å². The molecule has 5 heteroatoms. The first-order valence-electron chi connectivity index (χ1n) is 11.8. The molecule has 2 fully saturated rings. The van der Waals surface area contributed by atoms with Crippen LogP contribution in [-0.4, -0.2) is 34.3 Å². The Morgan fingerprint density at radius 3 is 1.22 bits per heavy atom. The van der Waals surface area contributed by atoms with E-state index >= 15 is 0 Å². The number of anilines is 2. The lowest BCUT2D eigenvalue weighted by Gasteiger charge is -2.34. The normalized spacial score (nSPS) is 18.9. The van der Waals surface area contributed by atoms with Gasteiger partial charge < -0.3 is 19.3 Å². The van der Waals surface area contributed by atoms with E-state index in [1.807, 2.05) is 28.2 Å². The maximum absolute atomic E-state index is 13.2. The van der Waals surface area contributed by atoms with Gasteiger partial charge in [0, 0.05) is 39.6 Å². The highest BCUT2D eigenvalue weighted by Crippen LogP contribution is 2.46. The molecule has 0 bridgehead atoms. The summed E-state index contributed by atoms with van der Waals surface area (Å²) in [6, 6.07) is 16.8. The second-order valence-electron chi connectivity index (χ2n) is 9.74. The van der Waals surface area contributed by atoms with Crippen LogP contribution >= 0.6 is 0 Å². The van der Waals surface area contributed by atoms with E-state index in [9.17, 15) is 4.79 Å². The first-order chi connectivity index (χ1) is 15.3. The summed E-state index contributed by atoms with van der Waals surface area (Å²) in [6.07, 6.45) is 7.05. The highest BCUT2D eigenvalue weighted by atomic mass is 16.7. The predicted molar refractivity (Wildman–Crippen MR) is 129 cm³/mol. The van der Waals surface area contributed by atoms with Crippen LogP contribution in [0.25, 0.3) is 0 Å². The Morgan fingerprint density at radius 1 is 0.625 bits per heavy atom. The summed E-state index contributed by atoms with van der Waals surface area (Å²) >= 11 is 0. The molecule has 0 spiro atoms. The Hall–Kier alpha value is -2.69. The number of benzene rings is 2. The van der Waals surface area contributed by atoms with E-state index in [4.69, 9.17) is 9.47 Å². The molecule has 0 amide bonds. The van der Waals surface area contributed by atoms with Crippen LogP contribution in [0.4, 0.5) is 16.2 Å². The van der Waals surface area contributed by atoms with E-state index in [2.05, 4.69) is 58.3 Å². The maximum atomic E-state index is 13.2. The lowest BCUT2D eigenvalue weighted by Crippen LogP contribution is -2.35. The maximum Gasteiger partial charge on any atom is 0.510 e. The van der Waals surface area contributed by atoms with Gasteiger partial charge in [-0.05, 0) is 86.8 Å². The van der Waals surface area contributed by atoms with Gasteiger partial charge in [-0.3, -0.25) is 0 Å². The van der Waals surface area contributed by atoms with Crippen LogP contribution in [0.3, 0.4) is 0 Å². The Bertz CT molecular complexity index is 831. The molecule has 2 aromatic rings. The van der Waals surface area contributed by atoms with E-state index in [0.717, 1.165) is 73.9 Å². The number of nitrogens with zero attached hydrogens (tertiary/aromatic N) is 2. The van der Waals surface area contributed by atoms with Crippen LogP contribution in [0.5, 0.6) is 0 Å². The van der Waals surface area contributed by atoms with Crippen LogP contribution in [0.15, 0.2) is 48.5 Å². The van der Waals surface area contributed by atoms with E-state index in [-0.39, 0.29) is 0 Å². The van der Waals surface area contributed by atoms with Gasteiger partial charge in [-0.2, -0.15) is 0 Å². The van der Waals surface area contributed by atoms with Gasteiger partial charge in [-0.1, -0.05) is 24.3 Å². The summed E-state index contributed by atoms with van der Waals surface area (Å²) in [5.74, 6) is 0. The quantitative estimate of drug-likeness (QED) is 0.504. The van der Waals surface area contributed by atoms with Crippen molar-refractivity contribution in [3.05, 3.63) is 59.7 Å². The molecular weight excluding hydrogens is 400 g/mol. The van der Waals surface area contributed by atoms with E-state index in [0.29, 0.717) is 0 Å². The van der Waals surface area contributed by atoms with Crippen LogP contribution in [0.2, 0.25) is 0 Å². The van der Waals surface area contributed by atoms with Gasteiger partial charge in [0.25, 0.3) is 0 Å². The third kappa shape index (κ3) is 4.43. The fourth-order valence-corrected chi connectivity index (χ4v) is 5.26. The molecule has 0 radical (unpaired) electrons. The second-order valence-corrected chi connectivity index (χ2v) is 9.74. The van der Waals surface area contributed by atoms with Crippen LogP contribution in [-0.2, 0) is 20.7 Å². The molecule has 32 heavy (non-hydrogen) atoms. The van der Waals surface area contributed by atoms with Gasteiger partial charge in [-0.15, -0.1) is 0 Å². The summed E-state index contributed by atoms with van der Waals surface area (Å²) in [6.45, 7) is 0. The van der Waals surface area contributed by atoms with Gasteiger partial charge in [0.2, 0.25) is 0 Å². The number of carbonyl (C=O) groups excluding carboxylic acids is 1. The molecule has 172 valence electrons. The first kappa shape index (κ1) is 22.5. The minimum Gasteiger partial charge on any atom is -0.423 e. The van der Waals surface area contributed by atoms with Gasteiger partial charge in [0.15, 0.2) is 0 Å². The number of rotatable bonds is 6. The Morgan fingerprint density at radius 2 is 0.938 bits per heavy atom. The molecule has 2 aliphatic carbocycles. The molecule has 0 aromatic heterocycles. The lowest BCUT2D eigenvalue weighted by atomic mass is 9.91. The van der Waals surface area contributed by atoms with Crippen LogP contribution < -0.4 is 9.80 Å². The van der Waals surface area contributed by atoms with Crippen LogP contribution in [0, 0.1) is 0 Å². The summed E-state index contributed by atoms with van der Waals surface area (Å²) in [4.78, 5) is 17.4. The molecule has 2 aromatic carbocycles. The summed E-state index contributed by atoms with van der Waals surface area (Å²) in [5, 5.41) is 0. The largest absolute Gasteiger partial charge is 0.510 e. The summed E-state index contributed by atoms with van der Waals surface area (Å²) in [7, 11) is 8.11. The Balaban J connectivity index is 1.54. The van der Waals surface area contributed by atoms with Crippen molar-refractivity contribution in [3.8, 4) is 0 Å². The third-order valence-corrected chi connectivity index (χ3v) is 7.20. The Labute approximate surface area is 192 Å². The zero-order valence-corrected chi connectivity index (χ0v) is 19.9. The van der Waals surface area contributed by atoms with Gasteiger partial charge in [-0.25, -0.2) is 4.79 Å². The van der Waals surface area contributed by atoms with E-state index in [1.165, 1.54) is 0 Å². The lowest BCUT2D eigenvalue weighted by molar-refractivity contribution is -0.0836. The number of ether oxygens (including phenoxy) is 2. The number of carbonyl (C=O) groups is 1. The topological polar surface area (TPSA) is 42.0 Å². The predicted octanol–water partition coefficient (Wildman–Crippen LogP) is 6.21. The second kappa shape index (κ2) is 9.05. The third-order valence-electron chi connectivity index (χ3n) is 7.20. The van der Waals surface area contributed by atoms with Crippen molar-refractivity contribution >= 4 is 17.5 Å². The molecule has 0 atom stereocenters. The number of hydrogen-bond donors (Lipinski definition) is 0. The summed E-state index contributed by atoms with van der Waals surface area (Å²) < 4.78 is 12.3. The summed E-state index contributed by atoms with van der Waals surface area (Å²) in [5.41, 5.74) is 3.22. The average Bonchev–Trinajstić information content (AvgIpc) is 3.45. The molecule has 2 aliphatic rings.